The molecule has 3 aromatic rings. The summed E-state index contributed by atoms with van der Waals surface area (Å²) in [5.74, 6) is -0.195. The number of amides is 1. The zero-order valence-corrected chi connectivity index (χ0v) is 17.2. The number of carbonyl (C=O) groups is 1. The Balaban J connectivity index is 1.75. The van der Waals surface area contributed by atoms with E-state index < -0.39 is 0 Å². The summed E-state index contributed by atoms with van der Waals surface area (Å²) >= 11 is 1.54. The summed E-state index contributed by atoms with van der Waals surface area (Å²) < 4.78 is 33.6. The van der Waals surface area contributed by atoms with Crippen LogP contribution < -0.4 is 0 Å². The Bertz CT molecular complexity index is 1020. The third-order valence-corrected chi connectivity index (χ3v) is 6.17. The summed E-state index contributed by atoms with van der Waals surface area (Å²) in [6.07, 6.45) is 2.60. The lowest BCUT2D eigenvalue weighted by Crippen LogP contribution is -2.30. The summed E-state index contributed by atoms with van der Waals surface area (Å²) in [5, 5.41) is 4.50. The summed E-state index contributed by atoms with van der Waals surface area (Å²) in [4.78, 5) is 14.3. The van der Waals surface area contributed by atoms with E-state index in [9.17, 15) is 13.6 Å². The first-order valence-corrected chi connectivity index (χ1v) is 10.6. The van der Waals surface area contributed by atoms with Crippen LogP contribution in [0.4, 0.5) is 8.78 Å². The van der Waals surface area contributed by atoms with Crippen molar-refractivity contribution in [2.75, 3.05) is 26.0 Å². The molecule has 0 bridgehead atoms. The Hall–Kier alpha value is -2.71. The molecule has 0 N–H and O–H groups in total. The zero-order valence-electron chi connectivity index (χ0n) is 16.4. The molecule has 2 heterocycles. The largest absolute Gasteiger partial charge is 0.385 e. The monoisotopic (exact) mass is 429 g/mol. The third kappa shape index (κ3) is 4.24. The van der Waals surface area contributed by atoms with E-state index in [1.807, 2.05) is 11.1 Å². The van der Waals surface area contributed by atoms with Crippen LogP contribution in [-0.2, 0) is 9.53 Å². The van der Waals surface area contributed by atoms with E-state index in [4.69, 9.17) is 9.84 Å². The number of aromatic nitrogens is 2. The minimum Gasteiger partial charge on any atom is -0.385 e. The highest BCUT2D eigenvalue weighted by atomic mass is 32.2. The predicted octanol–water partition coefficient (Wildman–Crippen LogP) is 4.43. The number of ether oxygens (including phenoxy) is 1. The summed E-state index contributed by atoms with van der Waals surface area (Å²) in [6, 6.07) is 12.2. The van der Waals surface area contributed by atoms with Gasteiger partial charge in [0.05, 0.1) is 17.1 Å². The van der Waals surface area contributed by atoms with Gasteiger partial charge in [-0.15, -0.1) is 11.8 Å². The van der Waals surface area contributed by atoms with Gasteiger partial charge in [0.25, 0.3) is 0 Å². The maximum absolute atomic E-state index is 13.5. The molecular weight excluding hydrogens is 408 g/mol. The van der Waals surface area contributed by atoms with Gasteiger partial charge in [-0.1, -0.05) is 0 Å². The van der Waals surface area contributed by atoms with Crippen LogP contribution in [0.2, 0.25) is 0 Å². The van der Waals surface area contributed by atoms with E-state index in [0.717, 1.165) is 17.5 Å². The van der Waals surface area contributed by atoms with Crippen molar-refractivity contribution in [1.82, 2.24) is 14.7 Å². The van der Waals surface area contributed by atoms with Gasteiger partial charge in [0, 0.05) is 37.6 Å². The number of benzene rings is 2. The highest BCUT2D eigenvalue weighted by Gasteiger charge is 2.35. The topological polar surface area (TPSA) is 47.4 Å². The lowest BCUT2D eigenvalue weighted by atomic mass is 10.1. The smallest absolute Gasteiger partial charge is 0.233 e. The first-order chi connectivity index (χ1) is 14.6. The second-order valence-electron chi connectivity index (χ2n) is 6.96. The SMILES string of the molecule is COCCCN1C(=O)CSC1c1cn(-c2ccc(F)cc2)nc1-c1ccc(F)cc1. The average Bonchev–Trinajstić information content (AvgIpc) is 3.33. The Labute approximate surface area is 177 Å². The van der Waals surface area contributed by atoms with Crippen LogP contribution in [-0.4, -0.2) is 46.6 Å². The molecule has 0 radical (unpaired) electrons. The molecule has 8 heteroatoms. The number of thioether (sulfide) groups is 1. The fourth-order valence-electron chi connectivity index (χ4n) is 3.46. The van der Waals surface area contributed by atoms with Gasteiger partial charge in [-0.25, -0.2) is 13.5 Å². The molecule has 5 nitrogen and oxygen atoms in total. The number of hydrogen-bond donors (Lipinski definition) is 0. The highest BCUT2D eigenvalue weighted by Crippen LogP contribution is 2.42. The van der Waals surface area contributed by atoms with E-state index in [1.54, 1.807) is 47.8 Å². The lowest BCUT2D eigenvalue weighted by molar-refractivity contribution is -0.128. The van der Waals surface area contributed by atoms with Gasteiger partial charge >= 0.3 is 0 Å². The molecule has 0 aliphatic carbocycles. The fourth-order valence-corrected chi connectivity index (χ4v) is 4.68. The molecule has 2 aromatic carbocycles. The molecule has 1 aliphatic rings. The van der Waals surface area contributed by atoms with Gasteiger partial charge in [-0.3, -0.25) is 4.79 Å². The van der Waals surface area contributed by atoms with Crippen LogP contribution in [0, 0.1) is 11.6 Å². The van der Waals surface area contributed by atoms with Crippen molar-refractivity contribution >= 4 is 17.7 Å². The average molecular weight is 429 g/mol. The van der Waals surface area contributed by atoms with Crippen molar-refractivity contribution in [3.05, 3.63) is 71.9 Å². The Morgan fingerprint density at radius 1 is 1.10 bits per heavy atom. The van der Waals surface area contributed by atoms with Gasteiger partial charge in [0.2, 0.25) is 5.91 Å². The molecule has 1 atom stereocenters. The maximum atomic E-state index is 13.5. The number of halogens is 2. The third-order valence-electron chi connectivity index (χ3n) is 4.93. The van der Waals surface area contributed by atoms with E-state index in [2.05, 4.69) is 0 Å². The highest BCUT2D eigenvalue weighted by molar-refractivity contribution is 8.00. The van der Waals surface area contributed by atoms with E-state index >= 15 is 0 Å². The Morgan fingerprint density at radius 3 is 2.43 bits per heavy atom. The van der Waals surface area contributed by atoms with Crippen LogP contribution in [0.1, 0.15) is 17.4 Å². The molecule has 1 saturated heterocycles. The first-order valence-electron chi connectivity index (χ1n) is 9.58. The predicted molar refractivity (Wildman–Crippen MR) is 112 cm³/mol. The molecule has 156 valence electrons. The molecule has 0 spiro atoms. The lowest BCUT2D eigenvalue weighted by Gasteiger charge is -2.23. The number of nitrogens with zero attached hydrogens (tertiary/aromatic N) is 3. The van der Waals surface area contributed by atoms with E-state index in [1.165, 1.54) is 24.3 Å². The molecule has 30 heavy (non-hydrogen) atoms. The quantitative estimate of drug-likeness (QED) is 0.522. The second kappa shape index (κ2) is 8.97. The van der Waals surface area contributed by atoms with Gasteiger partial charge in [0.1, 0.15) is 17.0 Å². The summed E-state index contributed by atoms with van der Waals surface area (Å²) in [5.41, 5.74) is 2.98. The minimum atomic E-state index is -0.329. The molecule has 1 amide bonds. The molecule has 1 unspecified atom stereocenters. The standard InChI is InChI=1S/C22H21F2N3O2S/c1-29-12-2-11-26-20(28)14-30-22(26)19-13-27(18-9-7-17(24)8-10-18)25-21(19)15-3-5-16(23)6-4-15/h3-10,13,22H,2,11-12,14H2,1H3. The molecule has 1 aromatic heterocycles. The second-order valence-corrected chi connectivity index (χ2v) is 8.03. The van der Waals surface area contributed by atoms with Gasteiger partial charge < -0.3 is 9.64 Å². The van der Waals surface area contributed by atoms with Gasteiger partial charge in [0.15, 0.2) is 0 Å². The van der Waals surface area contributed by atoms with Crippen LogP contribution in [0.25, 0.3) is 16.9 Å². The van der Waals surface area contributed by atoms with E-state index in [0.29, 0.717) is 30.3 Å². The normalized spacial score (nSPS) is 16.4. The van der Waals surface area contributed by atoms with Crippen molar-refractivity contribution < 1.29 is 18.3 Å². The summed E-state index contributed by atoms with van der Waals surface area (Å²) in [6.45, 7) is 1.15. The Kier molecular flexibility index (Phi) is 6.15. The van der Waals surface area contributed by atoms with Crippen molar-refractivity contribution in [2.45, 2.75) is 11.8 Å². The minimum absolute atomic E-state index is 0.0701. The number of carbonyl (C=O) groups excluding carboxylic acids is 1. The molecule has 1 fully saturated rings. The maximum Gasteiger partial charge on any atom is 0.233 e. The van der Waals surface area contributed by atoms with Gasteiger partial charge in [-0.05, 0) is 55.0 Å². The van der Waals surface area contributed by atoms with Crippen LogP contribution in [0.5, 0.6) is 0 Å². The number of methoxy groups -OCH3 is 1. The first kappa shape index (κ1) is 20.6. The number of hydrogen-bond acceptors (Lipinski definition) is 4. The zero-order chi connectivity index (χ0) is 21.1. The summed E-state index contributed by atoms with van der Waals surface area (Å²) in [7, 11) is 1.64. The fraction of sp³-hybridized carbons (Fsp3) is 0.273. The number of rotatable bonds is 7. The Morgan fingerprint density at radius 2 is 1.77 bits per heavy atom. The molecular formula is C22H21F2N3O2S. The van der Waals surface area contributed by atoms with Gasteiger partial charge in [-0.2, -0.15) is 5.10 Å². The van der Waals surface area contributed by atoms with E-state index in [-0.39, 0.29) is 22.9 Å². The molecule has 1 aliphatic heterocycles. The van der Waals surface area contributed by atoms with Crippen LogP contribution >= 0.6 is 11.8 Å². The molecule has 4 rings (SSSR count). The van der Waals surface area contributed by atoms with Crippen molar-refractivity contribution in [3.8, 4) is 16.9 Å². The van der Waals surface area contributed by atoms with Crippen LogP contribution in [0.3, 0.4) is 0 Å². The molecule has 0 saturated carbocycles. The van der Waals surface area contributed by atoms with Crippen molar-refractivity contribution in [2.24, 2.45) is 0 Å². The van der Waals surface area contributed by atoms with Crippen LogP contribution in [0.15, 0.2) is 54.7 Å². The van der Waals surface area contributed by atoms with Crippen molar-refractivity contribution in [3.63, 3.8) is 0 Å². The van der Waals surface area contributed by atoms with Crippen molar-refractivity contribution in [1.29, 1.82) is 0 Å².